The summed E-state index contributed by atoms with van der Waals surface area (Å²) in [6, 6.07) is 4.71. The molecule has 41 nitrogen and oxygen atoms in total. The van der Waals surface area contributed by atoms with Gasteiger partial charge in [0.05, 0.1) is 61.4 Å². The normalized spacial score (nSPS) is 16.9. The van der Waals surface area contributed by atoms with Crippen LogP contribution in [-0.2, 0) is 9.53 Å². The summed E-state index contributed by atoms with van der Waals surface area (Å²) in [6.45, 7) is 0. The molecule has 7 N–H and O–H groups in total. The van der Waals surface area contributed by atoms with Crippen molar-refractivity contribution in [2.45, 2.75) is 0 Å². The number of aliphatic hydroxyl groups is 3. The van der Waals surface area contributed by atoms with E-state index in [4.69, 9.17) is 4.74 Å². The fourth-order valence-electron chi connectivity index (χ4n) is 6.85. The van der Waals surface area contributed by atoms with E-state index in [-0.39, 0.29) is 0 Å². The third-order valence-electron chi connectivity index (χ3n) is 10.0. The van der Waals surface area contributed by atoms with Crippen molar-refractivity contribution < 1.29 is 74.1 Å². The molecular formula is C33H18N16O25. The Morgan fingerprint density at radius 2 is 0.905 bits per heavy atom. The lowest BCUT2D eigenvalue weighted by molar-refractivity contribution is -0.462. The molecule has 0 saturated heterocycles. The topological polar surface area (TPSA) is 591 Å². The Hall–Kier alpha value is -12.2. The number of aliphatic hydroxyl groups excluding tert-OH is 3. The summed E-state index contributed by atoms with van der Waals surface area (Å²) >= 11 is 0. The average molecular weight is 1040 g/mol. The highest BCUT2D eigenvalue weighted by Gasteiger charge is 2.60. The number of hydrogen-bond acceptors (Lipinski definition) is 31. The van der Waals surface area contributed by atoms with Gasteiger partial charge in [-0.1, -0.05) is 0 Å². The standard InChI is InChI=1S/C33H18N16O25/c50-28-19-21(37-34-13-4-1-11(41(56)57)8-17(13)44(62)63)31(53)33(74-32(19)27(49(72)73)22(26(28)48(70)71)38-35-14-5-2-12(42(58)59)9-18(14)45(64)65)20-24(46(66)67)29(51)23(30(52)25(20)47(68)69)39-36-15-7-10(40(54)55)3-6-16(15)43(60)61/h1-9,19-20,34-36,38,51-53H/b37-21+,39-23?. The van der Waals surface area contributed by atoms with Gasteiger partial charge in [0.15, 0.2) is 17.2 Å². The first-order chi connectivity index (χ1) is 34.7. The zero-order chi connectivity index (χ0) is 54.9. The van der Waals surface area contributed by atoms with Crippen LogP contribution in [-0.4, -0.2) is 81.8 Å². The lowest BCUT2D eigenvalue weighted by Crippen LogP contribution is -2.45. The van der Waals surface area contributed by atoms with Crippen LogP contribution < -0.4 is 21.7 Å². The molecule has 0 radical (unpaired) electrons. The Kier molecular flexibility index (Phi) is 13.4. The SMILES string of the molecule is O=C1C([N+](=O)[O-])=C(NNc2ccc([N+](=O)[O-])cc2[N+](=O)[O-])C([N+](=O)[O-])=C2OC(C3C([N+](=O)[O-])=C(O)C(=NNc4cc([N+](=O)[O-])ccc4[N+](=O)[O-])C(O)=C3[N+](=O)[O-])=C(O)/C(=N/Nc3ccc([N+](=O)[O-])cc3[N+](=O)[O-])C12. The predicted octanol–water partition coefficient (Wildman–Crippen LogP) is 3.69. The van der Waals surface area contributed by atoms with Crippen LogP contribution in [0.1, 0.15) is 0 Å². The molecule has 74 heavy (non-hydrogen) atoms. The molecule has 2 aliphatic carbocycles. The van der Waals surface area contributed by atoms with Crippen molar-refractivity contribution in [2.75, 3.05) is 16.3 Å². The van der Waals surface area contributed by atoms with E-state index in [0.717, 1.165) is 0 Å². The number of nitrogens with zero attached hydrogens (tertiary/aromatic N) is 12. The molecule has 3 aromatic carbocycles. The average Bonchev–Trinajstić information content (AvgIpc) is 3.31. The Balaban J connectivity index is 1.65. The van der Waals surface area contributed by atoms with Crippen LogP contribution >= 0.6 is 0 Å². The Morgan fingerprint density at radius 1 is 0.446 bits per heavy atom. The van der Waals surface area contributed by atoms with E-state index in [9.17, 15) is 121 Å². The lowest BCUT2D eigenvalue weighted by atomic mass is 9.81. The van der Waals surface area contributed by atoms with Gasteiger partial charge in [0, 0.05) is 30.3 Å². The van der Waals surface area contributed by atoms with E-state index in [1.165, 1.54) is 0 Å². The van der Waals surface area contributed by atoms with Crippen molar-refractivity contribution in [3.05, 3.63) is 213 Å². The Labute approximate surface area is 399 Å². The van der Waals surface area contributed by atoms with Crippen LogP contribution in [0.4, 0.5) is 51.2 Å². The number of non-ortho nitro benzene ring substituents is 3. The number of hydrazone groups is 2. The van der Waals surface area contributed by atoms with Crippen LogP contribution in [0.25, 0.3) is 0 Å². The Bertz CT molecular complexity index is 3390. The maximum absolute atomic E-state index is 14.3. The quantitative estimate of drug-likeness (QED) is 0.0705. The number of rotatable bonds is 18. The molecule has 6 rings (SSSR count). The van der Waals surface area contributed by atoms with Gasteiger partial charge in [-0.2, -0.15) is 10.2 Å². The number of nitro groups is 10. The van der Waals surface area contributed by atoms with Crippen molar-refractivity contribution in [1.82, 2.24) is 5.43 Å². The number of nitro benzene ring substituents is 6. The number of ether oxygens (including phenoxy) is 1. The van der Waals surface area contributed by atoms with Crippen LogP contribution in [0, 0.1) is 113 Å². The maximum atomic E-state index is 14.3. The van der Waals surface area contributed by atoms with Crippen LogP contribution in [0.15, 0.2) is 122 Å². The molecule has 1 aliphatic heterocycles. The second kappa shape index (κ2) is 19.4. The molecule has 1 atom stereocenters. The first-order valence-corrected chi connectivity index (χ1v) is 18.8. The second-order valence-electron chi connectivity index (χ2n) is 14.1. The number of Topliss-reactive ketones (excluding diaryl/α,β-unsaturated/α-hetero) is 1. The molecule has 0 bridgehead atoms. The minimum atomic E-state index is -3.25. The van der Waals surface area contributed by atoms with Crippen molar-refractivity contribution in [1.29, 1.82) is 0 Å². The molecule has 1 heterocycles. The second-order valence-corrected chi connectivity index (χ2v) is 14.1. The summed E-state index contributed by atoms with van der Waals surface area (Å²) in [6.07, 6.45) is 0. The molecule has 0 saturated carbocycles. The highest BCUT2D eigenvalue weighted by atomic mass is 16.7. The minimum Gasteiger partial charge on any atom is -0.503 e. The molecule has 41 heteroatoms. The Morgan fingerprint density at radius 3 is 1.38 bits per heavy atom. The number of nitrogens with one attached hydrogen (secondary N) is 4. The molecule has 1 unspecified atom stereocenters. The maximum Gasteiger partial charge on any atom is 0.345 e. The van der Waals surface area contributed by atoms with Crippen molar-refractivity contribution in [2.24, 2.45) is 22.0 Å². The van der Waals surface area contributed by atoms with E-state index in [1.54, 1.807) is 10.9 Å². The van der Waals surface area contributed by atoms with Gasteiger partial charge in [0.25, 0.3) is 28.5 Å². The van der Waals surface area contributed by atoms with Gasteiger partial charge in [0.1, 0.15) is 28.7 Å². The monoisotopic (exact) mass is 1040 g/mol. The molecule has 0 fully saturated rings. The summed E-state index contributed by atoms with van der Waals surface area (Å²) in [4.78, 5) is 122. The molecule has 0 spiro atoms. The largest absolute Gasteiger partial charge is 0.503 e. The smallest absolute Gasteiger partial charge is 0.345 e. The lowest BCUT2D eigenvalue weighted by Gasteiger charge is -2.31. The highest BCUT2D eigenvalue weighted by Crippen LogP contribution is 2.47. The van der Waals surface area contributed by atoms with E-state index < -0.39 is 187 Å². The van der Waals surface area contributed by atoms with Gasteiger partial charge in [0.2, 0.25) is 28.9 Å². The number of fused-ring (bicyclic) bond motifs is 1. The van der Waals surface area contributed by atoms with Crippen molar-refractivity contribution in [3.63, 3.8) is 0 Å². The summed E-state index contributed by atoms with van der Waals surface area (Å²) in [7, 11) is 0. The number of carbonyl (C=O) groups excluding carboxylic acids is 1. The summed E-state index contributed by atoms with van der Waals surface area (Å²) in [5, 5.41) is 162. The number of ketones is 1. The van der Waals surface area contributed by atoms with E-state index in [1.807, 2.05) is 10.9 Å². The number of benzene rings is 3. The fraction of sp³-hybridized carbons (Fsp3) is 0.0606. The van der Waals surface area contributed by atoms with Gasteiger partial charge in [-0.05, 0) is 12.1 Å². The zero-order valence-corrected chi connectivity index (χ0v) is 35.0. The molecular weight excluding hydrogens is 1020 g/mol. The molecule has 3 aromatic rings. The minimum absolute atomic E-state index is 0.324. The fourth-order valence-corrected chi connectivity index (χ4v) is 6.85. The number of anilines is 3. The van der Waals surface area contributed by atoms with Gasteiger partial charge < -0.3 is 20.1 Å². The number of allylic oxidation sites excluding steroid dienone is 3. The van der Waals surface area contributed by atoms with Gasteiger partial charge in [-0.25, -0.2) is 0 Å². The number of hydrogen-bond donors (Lipinski definition) is 7. The van der Waals surface area contributed by atoms with Gasteiger partial charge in [-0.15, -0.1) is 0 Å². The summed E-state index contributed by atoms with van der Waals surface area (Å²) in [5.74, 6) is -17.7. The molecule has 3 aliphatic rings. The van der Waals surface area contributed by atoms with Gasteiger partial charge in [-0.3, -0.25) is 128 Å². The summed E-state index contributed by atoms with van der Waals surface area (Å²) < 4.78 is 5.44. The molecule has 0 aromatic heterocycles. The number of hydrazine groups is 1. The highest BCUT2D eigenvalue weighted by molar-refractivity contribution is 6.20. The van der Waals surface area contributed by atoms with Gasteiger partial charge >= 0.3 is 34.2 Å². The van der Waals surface area contributed by atoms with Crippen LogP contribution in [0.5, 0.6) is 0 Å². The molecule has 0 amide bonds. The first kappa shape index (κ1) is 51.2. The predicted molar refractivity (Wildman–Crippen MR) is 232 cm³/mol. The number of carbonyl (C=O) groups is 1. The van der Waals surface area contributed by atoms with E-state index in [0.29, 0.717) is 54.6 Å². The van der Waals surface area contributed by atoms with E-state index >= 15 is 0 Å². The third kappa shape index (κ3) is 9.20. The first-order valence-electron chi connectivity index (χ1n) is 18.8. The van der Waals surface area contributed by atoms with Crippen LogP contribution in [0.3, 0.4) is 0 Å². The van der Waals surface area contributed by atoms with Crippen molar-refractivity contribution >= 4 is 68.4 Å². The van der Waals surface area contributed by atoms with E-state index in [2.05, 4.69) is 10.2 Å². The summed E-state index contributed by atoms with van der Waals surface area (Å²) in [5.41, 5.74) is -14.3. The van der Waals surface area contributed by atoms with Crippen LogP contribution in [0.2, 0.25) is 0 Å². The molecule has 380 valence electrons. The zero-order valence-electron chi connectivity index (χ0n) is 35.0. The van der Waals surface area contributed by atoms with Crippen molar-refractivity contribution in [3.8, 4) is 0 Å². The third-order valence-corrected chi connectivity index (χ3v) is 10.0.